The topological polar surface area (TPSA) is 43.1 Å². The van der Waals surface area contributed by atoms with Gasteiger partial charge in [0.05, 0.1) is 10.6 Å². The van der Waals surface area contributed by atoms with Crippen molar-refractivity contribution in [2.75, 3.05) is 5.73 Å². The predicted octanol–water partition coefficient (Wildman–Crippen LogP) is 3.74. The summed E-state index contributed by atoms with van der Waals surface area (Å²) in [4.78, 5) is 13.6. The van der Waals surface area contributed by atoms with Crippen molar-refractivity contribution in [3.05, 3.63) is 40.3 Å². The van der Waals surface area contributed by atoms with Crippen LogP contribution >= 0.6 is 11.3 Å². The summed E-state index contributed by atoms with van der Waals surface area (Å²) in [5.74, 6) is 0.139. The summed E-state index contributed by atoms with van der Waals surface area (Å²) in [5.41, 5.74) is 10.4. The lowest BCUT2D eigenvalue weighted by Gasteiger charge is -2.07. The second kappa shape index (κ2) is 3.95. The number of ketones is 1. The minimum atomic E-state index is -0.0150. The quantitative estimate of drug-likeness (QED) is 0.711. The van der Waals surface area contributed by atoms with Crippen molar-refractivity contribution in [3.63, 3.8) is 0 Å². The summed E-state index contributed by atoms with van der Waals surface area (Å²) in [7, 11) is 0. The van der Waals surface area contributed by atoms with Crippen molar-refractivity contribution < 1.29 is 4.79 Å². The molecule has 18 heavy (non-hydrogen) atoms. The third kappa shape index (κ3) is 1.51. The Morgan fingerprint density at radius 3 is 2.78 bits per heavy atom. The van der Waals surface area contributed by atoms with Crippen LogP contribution < -0.4 is 5.73 Å². The van der Waals surface area contributed by atoms with Crippen LogP contribution in [0.3, 0.4) is 0 Å². The molecular formula is C15H15NOS. The normalized spacial score (nSPS) is 12.6. The number of carbonyl (C=O) groups is 1. The fourth-order valence-corrected chi connectivity index (χ4v) is 3.64. The van der Waals surface area contributed by atoms with Crippen LogP contribution in [-0.4, -0.2) is 5.78 Å². The molecule has 0 unspecified atom stereocenters. The van der Waals surface area contributed by atoms with Crippen LogP contribution in [0.15, 0.2) is 24.3 Å². The predicted molar refractivity (Wildman–Crippen MR) is 76.1 cm³/mol. The summed E-state index contributed by atoms with van der Waals surface area (Å²) in [6.45, 7) is 3.85. The van der Waals surface area contributed by atoms with Crippen molar-refractivity contribution in [2.45, 2.75) is 20.3 Å². The van der Waals surface area contributed by atoms with Gasteiger partial charge < -0.3 is 5.73 Å². The Morgan fingerprint density at radius 2 is 2.06 bits per heavy atom. The lowest BCUT2D eigenvalue weighted by atomic mass is 9.96. The van der Waals surface area contributed by atoms with Gasteiger partial charge in [0.1, 0.15) is 0 Å². The summed E-state index contributed by atoms with van der Waals surface area (Å²) in [6, 6.07) is 8.28. The van der Waals surface area contributed by atoms with E-state index in [4.69, 9.17) is 5.73 Å². The van der Waals surface area contributed by atoms with Crippen LogP contribution in [0.5, 0.6) is 0 Å². The Kier molecular flexibility index (Phi) is 2.52. The number of fused-ring (bicyclic) bond motifs is 3. The summed E-state index contributed by atoms with van der Waals surface area (Å²) < 4.78 is 0. The number of benzene rings is 1. The van der Waals surface area contributed by atoms with E-state index in [1.807, 2.05) is 26.0 Å². The smallest absolute Gasteiger partial charge is 0.168 e. The van der Waals surface area contributed by atoms with Gasteiger partial charge in [-0.25, -0.2) is 0 Å². The first-order chi connectivity index (χ1) is 8.59. The molecule has 2 N–H and O–H groups in total. The van der Waals surface area contributed by atoms with Gasteiger partial charge in [0, 0.05) is 22.8 Å². The van der Waals surface area contributed by atoms with Crippen LogP contribution in [-0.2, 0) is 6.42 Å². The van der Waals surface area contributed by atoms with Gasteiger partial charge in [0.25, 0.3) is 0 Å². The number of nitrogens with two attached hydrogens (primary N) is 1. The van der Waals surface area contributed by atoms with E-state index in [-0.39, 0.29) is 11.7 Å². The Hall–Kier alpha value is -1.61. The number of hydrogen-bond donors (Lipinski definition) is 1. The molecule has 0 radical (unpaired) electrons. The Morgan fingerprint density at radius 1 is 1.33 bits per heavy atom. The molecule has 2 aromatic rings. The summed E-state index contributed by atoms with van der Waals surface area (Å²) in [5, 5.41) is 0.674. The maximum atomic E-state index is 12.3. The molecule has 3 rings (SSSR count). The number of hydrogen-bond acceptors (Lipinski definition) is 3. The maximum absolute atomic E-state index is 12.3. The van der Waals surface area contributed by atoms with Crippen LogP contribution in [0.4, 0.5) is 5.00 Å². The van der Waals surface area contributed by atoms with E-state index in [1.54, 1.807) is 11.3 Å². The third-order valence-corrected chi connectivity index (χ3v) is 4.44. The van der Waals surface area contributed by atoms with E-state index in [9.17, 15) is 4.79 Å². The van der Waals surface area contributed by atoms with Crippen LogP contribution in [0, 0.1) is 5.92 Å². The largest absolute Gasteiger partial charge is 0.390 e. The molecule has 1 aliphatic carbocycles. The van der Waals surface area contributed by atoms with Gasteiger partial charge in [0.15, 0.2) is 5.78 Å². The first kappa shape index (κ1) is 11.5. The van der Waals surface area contributed by atoms with Crippen molar-refractivity contribution in [1.82, 2.24) is 0 Å². The van der Waals surface area contributed by atoms with Gasteiger partial charge >= 0.3 is 0 Å². The molecule has 0 fully saturated rings. The van der Waals surface area contributed by atoms with Gasteiger partial charge in [-0.15, -0.1) is 11.3 Å². The van der Waals surface area contributed by atoms with E-state index < -0.39 is 0 Å². The number of nitrogen functional groups attached to an aromatic ring is 1. The molecular weight excluding hydrogens is 242 g/mol. The first-order valence-electron chi connectivity index (χ1n) is 6.13. The number of thiophene rings is 1. The lowest BCUT2D eigenvalue weighted by molar-refractivity contribution is 0.0941. The molecule has 2 nitrogen and oxygen atoms in total. The van der Waals surface area contributed by atoms with Crippen LogP contribution in [0.25, 0.3) is 11.1 Å². The average Bonchev–Trinajstić information content (AvgIpc) is 2.82. The molecule has 0 bridgehead atoms. The standard InChI is InChI=1S/C15H15NOS/c1-8(2)14(17)13-12-10-6-4-3-5-9(10)7-11(12)18-15(13)16/h3-6,8H,7,16H2,1-2H3. The van der Waals surface area contributed by atoms with Gasteiger partial charge in [-0.05, 0) is 11.1 Å². The van der Waals surface area contributed by atoms with Crippen molar-refractivity contribution >= 4 is 22.1 Å². The van der Waals surface area contributed by atoms with E-state index in [0.29, 0.717) is 5.00 Å². The molecule has 0 amide bonds. The highest BCUT2D eigenvalue weighted by Gasteiger charge is 2.29. The second-order valence-corrected chi connectivity index (χ2v) is 6.13. The molecule has 0 saturated heterocycles. The van der Waals surface area contributed by atoms with E-state index in [2.05, 4.69) is 12.1 Å². The molecule has 1 aliphatic rings. The Bertz CT molecular complexity index is 640. The average molecular weight is 257 g/mol. The molecule has 1 aromatic heterocycles. The Labute approximate surface area is 110 Å². The second-order valence-electron chi connectivity index (χ2n) is 4.99. The molecule has 0 spiro atoms. The summed E-state index contributed by atoms with van der Waals surface area (Å²) >= 11 is 1.56. The zero-order chi connectivity index (χ0) is 12.9. The fraction of sp³-hybridized carbons (Fsp3) is 0.267. The molecule has 0 atom stereocenters. The number of carbonyl (C=O) groups excluding carboxylic acids is 1. The van der Waals surface area contributed by atoms with Crippen LogP contribution in [0.1, 0.15) is 34.6 Å². The van der Waals surface area contributed by atoms with Crippen molar-refractivity contribution in [2.24, 2.45) is 5.92 Å². The van der Waals surface area contributed by atoms with Crippen molar-refractivity contribution in [3.8, 4) is 11.1 Å². The van der Waals surface area contributed by atoms with Gasteiger partial charge in [-0.2, -0.15) is 0 Å². The monoisotopic (exact) mass is 257 g/mol. The minimum absolute atomic E-state index is 0.0150. The van der Waals surface area contributed by atoms with Gasteiger partial charge in [-0.3, -0.25) is 4.79 Å². The SMILES string of the molecule is CC(C)C(=O)c1c(N)sc2c1-c1ccccc1C2. The number of Topliss-reactive ketones (excluding diaryl/α,β-unsaturated/α-hetero) is 1. The molecule has 0 saturated carbocycles. The minimum Gasteiger partial charge on any atom is -0.390 e. The zero-order valence-corrected chi connectivity index (χ0v) is 11.3. The van der Waals surface area contributed by atoms with E-state index >= 15 is 0 Å². The van der Waals surface area contributed by atoms with E-state index in [1.165, 1.54) is 16.0 Å². The van der Waals surface area contributed by atoms with Gasteiger partial charge in [0.2, 0.25) is 0 Å². The number of rotatable bonds is 2. The fourth-order valence-electron chi connectivity index (χ4n) is 2.53. The number of anilines is 1. The molecule has 1 aromatic carbocycles. The molecule has 0 aliphatic heterocycles. The lowest BCUT2D eigenvalue weighted by Crippen LogP contribution is -2.09. The Balaban J connectivity index is 2.24. The summed E-state index contributed by atoms with van der Waals surface area (Å²) in [6.07, 6.45) is 0.908. The molecule has 92 valence electrons. The van der Waals surface area contributed by atoms with E-state index in [0.717, 1.165) is 17.5 Å². The molecule has 3 heteroatoms. The first-order valence-corrected chi connectivity index (χ1v) is 6.95. The maximum Gasteiger partial charge on any atom is 0.168 e. The molecule has 1 heterocycles. The highest BCUT2D eigenvalue weighted by atomic mass is 32.1. The third-order valence-electron chi connectivity index (χ3n) is 3.42. The highest BCUT2D eigenvalue weighted by Crippen LogP contribution is 2.46. The van der Waals surface area contributed by atoms with Crippen LogP contribution in [0.2, 0.25) is 0 Å². The highest BCUT2D eigenvalue weighted by molar-refractivity contribution is 7.17. The zero-order valence-electron chi connectivity index (χ0n) is 10.5. The van der Waals surface area contributed by atoms with Crippen molar-refractivity contribution in [1.29, 1.82) is 0 Å². The van der Waals surface area contributed by atoms with Gasteiger partial charge in [-0.1, -0.05) is 38.1 Å².